The fourth-order valence-electron chi connectivity index (χ4n) is 4.08. The van der Waals surface area contributed by atoms with Gasteiger partial charge in [0, 0.05) is 12.1 Å². The molecule has 1 saturated heterocycles. The number of carbonyl (C=O) groups is 2. The van der Waals surface area contributed by atoms with Gasteiger partial charge in [0.05, 0.1) is 7.11 Å². The second-order valence-electron chi connectivity index (χ2n) is 7.06. The summed E-state index contributed by atoms with van der Waals surface area (Å²) in [7, 11) is 1.33. The van der Waals surface area contributed by atoms with E-state index in [2.05, 4.69) is 28.8 Å². The van der Waals surface area contributed by atoms with Crippen molar-refractivity contribution in [3.05, 3.63) is 0 Å². The van der Waals surface area contributed by atoms with Crippen molar-refractivity contribution in [2.24, 2.45) is 17.8 Å². The lowest BCUT2D eigenvalue weighted by atomic mass is 9.88. The van der Waals surface area contributed by atoms with Gasteiger partial charge in [0.2, 0.25) is 5.91 Å². The zero-order valence-electron chi connectivity index (χ0n) is 13.8. The number of nitrogens with zero attached hydrogens (tertiary/aromatic N) is 1. The van der Waals surface area contributed by atoms with Gasteiger partial charge in [-0.1, -0.05) is 27.7 Å². The average molecular weight is 296 g/mol. The van der Waals surface area contributed by atoms with Crippen molar-refractivity contribution in [2.75, 3.05) is 7.11 Å². The molecule has 5 nitrogen and oxygen atoms in total. The Morgan fingerprint density at radius 1 is 1.19 bits per heavy atom. The van der Waals surface area contributed by atoms with E-state index in [9.17, 15) is 9.59 Å². The number of methoxy groups -OCH3 is 1. The van der Waals surface area contributed by atoms with Gasteiger partial charge in [0.1, 0.15) is 6.04 Å². The van der Waals surface area contributed by atoms with Crippen LogP contribution in [0.5, 0.6) is 0 Å². The van der Waals surface area contributed by atoms with E-state index >= 15 is 0 Å². The molecule has 2 fully saturated rings. The van der Waals surface area contributed by atoms with Crippen LogP contribution in [0.15, 0.2) is 0 Å². The SMILES string of the molecule is COC(=O)N[C@H](C(=O)N1C2CCC(C2)C1C(C)C)C(C)C. The second kappa shape index (κ2) is 6.24. The summed E-state index contributed by atoms with van der Waals surface area (Å²) in [6.07, 6.45) is 2.92. The Hall–Kier alpha value is -1.26. The van der Waals surface area contributed by atoms with Crippen molar-refractivity contribution in [3.63, 3.8) is 0 Å². The Balaban J connectivity index is 2.17. The number of fused-ring (bicyclic) bond motifs is 2. The van der Waals surface area contributed by atoms with Crippen molar-refractivity contribution in [1.82, 2.24) is 10.2 Å². The molecule has 120 valence electrons. The quantitative estimate of drug-likeness (QED) is 0.866. The van der Waals surface area contributed by atoms with Crippen molar-refractivity contribution in [2.45, 2.75) is 65.1 Å². The highest BCUT2D eigenvalue weighted by atomic mass is 16.5. The van der Waals surface area contributed by atoms with Crippen LogP contribution < -0.4 is 5.32 Å². The molecule has 2 bridgehead atoms. The van der Waals surface area contributed by atoms with Gasteiger partial charge in [-0.2, -0.15) is 0 Å². The van der Waals surface area contributed by atoms with Crippen molar-refractivity contribution in [1.29, 1.82) is 0 Å². The zero-order valence-corrected chi connectivity index (χ0v) is 13.8. The predicted molar refractivity (Wildman–Crippen MR) is 80.8 cm³/mol. The predicted octanol–water partition coefficient (Wildman–Crippen LogP) is 2.40. The molecule has 3 unspecified atom stereocenters. The van der Waals surface area contributed by atoms with E-state index in [0.29, 0.717) is 23.9 Å². The van der Waals surface area contributed by atoms with Crippen LogP contribution in [0, 0.1) is 17.8 Å². The van der Waals surface area contributed by atoms with E-state index in [-0.39, 0.29) is 11.8 Å². The summed E-state index contributed by atoms with van der Waals surface area (Å²) in [5, 5.41) is 2.71. The number of nitrogens with one attached hydrogen (secondary N) is 1. The van der Waals surface area contributed by atoms with Crippen molar-refractivity contribution in [3.8, 4) is 0 Å². The third-order valence-electron chi connectivity index (χ3n) is 4.97. The normalized spacial score (nSPS) is 29.1. The van der Waals surface area contributed by atoms with Gasteiger partial charge in [-0.3, -0.25) is 4.79 Å². The Morgan fingerprint density at radius 2 is 1.86 bits per heavy atom. The minimum atomic E-state index is -0.535. The number of amides is 2. The molecule has 1 aliphatic heterocycles. The molecule has 2 rings (SSSR count). The third-order valence-corrected chi connectivity index (χ3v) is 4.97. The second-order valence-corrected chi connectivity index (χ2v) is 7.06. The lowest BCUT2D eigenvalue weighted by Gasteiger charge is -2.40. The van der Waals surface area contributed by atoms with Crippen LogP contribution in [0.25, 0.3) is 0 Å². The molecule has 2 amide bonds. The maximum atomic E-state index is 13.0. The monoisotopic (exact) mass is 296 g/mol. The maximum absolute atomic E-state index is 13.0. The molecule has 0 aromatic carbocycles. The first-order chi connectivity index (χ1) is 9.86. The fourth-order valence-corrected chi connectivity index (χ4v) is 4.08. The number of alkyl carbamates (subject to hydrolysis) is 1. The summed E-state index contributed by atoms with van der Waals surface area (Å²) < 4.78 is 4.66. The molecule has 0 spiro atoms. The number of ether oxygens (including phenoxy) is 1. The fraction of sp³-hybridized carbons (Fsp3) is 0.875. The Labute approximate surface area is 127 Å². The summed E-state index contributed by atoms with van der Waals surface area (Å²) in [6, 6.07) is 0.172. The van der Waals surface area contributed by atoms with Crippen molar-refractivity contribution < 1.29 is 14.3 Å². The standard InChI is InChI=1S/C16H28N2O3/c1-9(2)13(17-16(20)21-5)15(19)18-12-7-6-11(8-12)14(18)10(3)4/h9-14H,6-8H2,1-5H3,(H,17,20)/t11?,12?,13-,14?/m0/s1. The van der Waals surface area contributed by atoms with Gasteiger partial charge < -0.3 is 15.0 Å². The van der Waals surface area contributed by atoms with Crippen LogP contribution in [0.2, 0.25) is 0 Å². The molecule has 21 heavy (non-hydrogen) atoms. The first-order valence-electron chi connectivity index (χ1n) is 8.03. The molecule has 2 aliphatic rings. The summed E-state index contributed by atoms with van der Waals surface area (Å²) in [5.74, 6) is 1.19. The minimum Gasteiger partial charge on any atom is -0.453 e. The van der Waals surface area contributed by atoms with E-state index in [1.54, 1.807) is 0 Å². The smallest absolute Gasteiger partial charge is 0.407 e. The Morgan fingerprint density at radius 3 is 2.38 bits per heavy atom. The molecular formula is C16H28N2O3. The van der Waals surface area contributed by atoms with Gasteiger partial charge in [0.25, 0.3) is 0 Å². The first-order valence-corrected chi connectivity index (χ1v) is 8.03. The van der Waals surface area contributed by atoms with E-state index in [0.717, 1.165) is 12.8 Å². The maximum Gasteiger partial charge on any atom is 0.407 e. The molecule has 0 aromatic rings. The van der Waals surface area contributed by atoms with E-state index in [1.165, 1.54) is 13.5 Å². The molecule has 0 aromatic heterocycles. The average Bonchev–Trinajstić information content (AvgIpc) is 3.03. The molecule has 1 heterocycles. The van der Waals surface area contributed by atoms with Crippen LogP contribution in [-0.2, 0) is 9.53 Å². The largest absolute Gasteiger partial charge is 0.453 e. The highest BCUT2D eigenvalue weighted by Gasteiger charge is 2.50. The zero-order chi connectivity index (χ0) is 15.7. The molecule has 1 N–H and O–H groups in total. The van der Waals surface area contributed by atoms with Gasteiger partial charge in [-0.25, -0.2) is 4.79 Å². The highest BCUT2D eigenvalue weighted by molar-refractivity contribution is 5.86. The number of carbonyl (C=O) groups excluding carboxylic acids is 2. The Kier molecular flexibility index (Phi) is 4.79. The summed E-state index contributed by atoms with van der Waals surface area (Å²) in [5.41, 5.74) is 0. The minimum absolute atomic E-state index is 0.0449. The van der Waals surface area contributed by atoms with Crippen LogP contribution in [0.3, 0.4) is 0 Å². The van der Waals surface area contributed by atoms with Crippen molar-refractivity contribution >= 4 is 12.0 Å². The van der Waals surface area contributed by atoms with E-state index in [4.69, 9.17) is 0 Å². The lowest BCUT2D eigenvalue weighted by molar-refractivity contribution is -0.140. The van der Waals surface area contributed by atoms with Crippen LogP contribution in [0.1, 0.15) is 47.0 Å². The van der Waals surface area contributed by atoms with E-state index < -0.39 is 12.1 Å². The topological polar surface area (TPSA) is 58.6 Å². The van der Waals surface area contributed by atoms with Crippen LogP contribution in [0.4, 0.5) is 4.79 Å². The number of hydrogen-bond acceptors (Lipinski definition) is 3. The van der Waals surface area contributed by atoms with Crippen LogP contribution in [-0.4, -0.2) is 42.1 Å². The molecule has 1 saturated carbocycles. The van der Waals surface area contributed by atoms with E-state index in [1.807, 2.05) is 13.8 Å². The Bertz CT molecular complexity index is 408. The van der Waals surface area contributed by atoms with Gasteiger partial charge in [-0.15, -0.1) is 0 Å². The molecule has 4 atom stereocenters. The van der Waals surface area contributed by atoms with Crippen LogP contribution >= 0.6 is 0 Å². The number of piperidine rings is 1. The van der Waals surface area contributed by atoms with Gasteiger partial charge in [-0.05, 0) is 37.0 Å². The van der Waals surface area contributed by atoms with Gasteiger partial charge >= 0.3 is 6.09 Å². The third kappa shape index (κ3) is 3.01. The summed E-state index contributed by atoms with van der Waals surface area (Å²) >= 11 is 0. The number of rotatable bonds is 4. The molecular weight excluding hydrogens is 268 g/mol. The number of likely N-dealkylation sites (tertiary alicyclic amines) is 1. The summed E-state index contributed by atoms with van der Waals surface area (Å²) in [4.78, 5) is 26.6. The molecule has 0 radical (unpaired) electrons. The summed E-state index contributed by atoms with van der Waals surface area (Å²) in [6.45, 7) is 8.28. The lowest BCUT2D eigenvalue weighted by Crippen LogP contribution is -2.57. The number of hydrogen-bond donors (Lipinski definition) is 1. The van der Waals surface area contributed by atoms with Gasteiger partial charge in [0.15, 0.2) is 0 Å². The highest BCUT2D eigenvalue weighted by Crippen LogP contribution is 2.45. The first kappa shape index (κ1) is 16.1. The molecule has 1 aliphatic carbocycles. The molecule has 5 heteroatoms.